The van der Waals surface area contributed by atoms with Crippen molar-refractivity contribution >= 4 is 39.4 Å². The highest BCUT2D eigenvalue weighted by atomic mass is 32.1. The van der Waals surface area contributed by atoms with Gasteiger partial charge in [0.1, 0.15) is 22.9 Å². The molecule has 1 aliphatic rings. The number of nitrogens with two attached hydrogens (primary N) is 1. The molecule has 0 saturated heterocycles. The second kappa shape index (κ2) is 8.57. The molecule has 0 saturated carbocycles. The summed E-state index contributed by atoms with van der Waals surface area (Å²) in [5.41, 5.74) is 11.0. The Bertz CT molecular complexity index is 1490. The number of rotatable bonds is 4. The van der Waals surface area contributed by atoms with Gasteiger partial charge in [-0.1, -0.05) is 30.3 Å². The van der Waals surface area contributed by atoms with Gasteiger partial charge in [-0.2, -0.15) is 0 Å². The average Bonchev–Trinajstić information content (AvgIpc) is 3.57. The molecule has 0 fully saturated rings. The van der Waals surface area contributed by atoms with E-state index in [9.17, 15) is 4.79 Å². The molecular weight excluding hydrogens is 442 g/mol. The number of nitrogens with one attached hydrogen (secondary N) is 1. The number of benzene rings is 1. The van der Waals surface area contributed by atoms with Gasteiger partial charge in [0.2, 0.25) is 0 Å². The van der Waals surface area contributed by atoms with Crippen molar-refractivity contribution in [1.29, 1.82) is 0 Å². The van der Waals surface area contributed by atoms with E-state index in [1.54, 1.807) is 6.20 Å². The Balaban J connectivity index is 1.35. The molecule has 4 aromatic heterocycles. The molecule has 5 aromatic rings. The van der Waals surface area contributed by atoms with Crippen molar-refractivity contribution in [3.8, 4) is 11.4 Å². The van der Waals surface area contributed by atoms with Gasteiger partial charge in [0.15, 0.2) is 5.78 Å². The lowest BCUT2D eigenvalue weighted by Gasteiger charge is -2.18. The van der Waals surface area contributed by atoms with Crippen LogP contribution in [0.25, 0.3) is 27.8 Å². The number of aromatic nitrogens is 4. The van der Waals surface area contributed by atoms with Crippen molar-refractivity contribution in [2.75, 3.05) is 5.73 Å². The predicted molar refractivity (Wildman–Crippen MR) is 137 cm³/mol. The van der Waals surface area contributed by atoms with Crippen molar-refractivity contribution in [3.63, 3.8) is 0 Å². The molecule has 0 amide bonds. The van der Waals surface area contributed by atoms with Crippen molar-refractivity contribution in [1.82, 2.24) is 19.4 Å². The zero-order chi connectivity index (χ0) is 23.1. The highest BCUT2D eigenvalue weighted by Crippen LogP contribution is 2.36. The van der Waals surface area contributed by atoms with Gasteiger partial charge in [0.25, 0.3) is 0 Å². The summed E-state index contributed by atoms with van der Waals surface area (Å²) in [4.78, 5) is 26.6. The van der Waals surface area contributed by atoms with Crippen LogP contribution in [0.5, 0.6) is 0 Å². The largest absolute Gasteiger partial charge is 0.382 e. The zero-order valence-corrected chi connectivity index (χ0v) is 19.5. The van der Waals surface area contributed by atoms with Crippen molar-refractivity contribution in [2.24, 2.45) is 0 Å². The van der Waals surface area contributed by atoms with Gasteiger partial charge in [-0.3, -0.25) is 9.20 Å². The van der Waals surface area contributed by atoms with Gasteiger partial charge in [-0.25, -0.2) is 9.97 Å². The Morgan fingerprint density at radius 1 is 1.18 bits per heavy atom. The van der Waals surface area contributed by atoms with Crippen molar-refractivity contribution < 1.29 is 4.79 Å². The first-order chi connectivity index (χ1) is 16.7. The Morgan fingerprint density at radius 2 is 2.09 bits per heavy atom. The van der Waals surface area contributed by atoms with Gasteiger partial charge < -0.3 is 10.7 Å². The van der Waals surface area contributed by atoms with Crippen molar-refractivity contribution in [2.45, 2.75) is 38.0 Å². The fraction of sp³-hybridized carbons (Fsp3) is 0.222. The number of nitrogens with zero attached hydrogens (tertiary/aromatic N) is 3. The van der Waals surface area contributed by atoms with Crippen LogP contribution in [0.1, 0.15) is 53.5 Å². The van der Waals surface area contributed by atoms with Crippen LogP contribution < -0.4 is 5.73 Å². The maximum Gasteiger partial charge on any atom is 0.198 e. The maximum absolute atomic E-state index is 12.8. The molecule has 1 atom stereocenters. The molecule has 3 N–H and O–H groups in total. The van der Waals surface area contributed by atoms with E-state index in [4.69, 9.17) is 10.7 Å². The number of hydrogen-bond acceptors (Lipinski definition) is 5. The Kier molecular flexibility index (Phi) is 5.26. The number of H-pyrrole nitrogens is 1. The molecule has 1 unspecified atom stereocenters. The molecule has 4 heterocycles. The molecule has 170 valence electrons. The lowest BCUT2D eigenvalue weighted by molar-refractivity contribution is 0.103. The quantitative estimate of drug-likeness (QED) is 0.300. The fourth-order valence-corrected chi connectivity index (χ4v) is 5.74. The van der Waals surface area contributed by atoms with Gasteiger partial charge in [-0.05, 0) is 61.3 Å². The van der Waals surface area contributed by atoms with Crippen LogP contribution in [0.2, 0.25) is 0 Å². The smallest absolute Gasteiger partial charge is 0.198 e. The predicted octanol–water partition coefficient (Wildman–Crippen LogP) is 6.38. The van der Waals surface area contributed by atoms with Gasteiger partial charge in [0, 0.05) is 29.2 Å². The molecule has 1 aliphatic carbocycles. The van der Waals surface area contributed by atoms with Crippen LogP contribution in [0, 0.1) is 0 Å². The summed E-state index contributed by atoms with van der Waals surface area (Å²) < 4.78 is 2.11. The highest BCUT2D eigenvalue weighted by molar-refractivity contribution is 7.12. The summed E-state index contributed by atoms with van der Waals surface area (Å²) >= 11 is 1.51. The summed E-state index contributed by atoms with van der Waals surface area (Å²) in [5, 5.41) is 3.10. The van der Waals surface area contributed by atoms with Crippen LogP contribution in [0.4, 0.5) is 5.82 Å². The van der Waals surface area contributed by atoms with Gasteiger partial charge in [0.05, 0.1) is 10.6 Å². The van der Waals surface area contributed by atoms with E-state index >= 15 is 0 Å². The van der Waals surface area contributed by atoms with Crippen LogP contribution in [0.3, 0.4) is 0 Å². The molecule has 7 heteroatoms. The number of carbonyl (C=O) groups is 1. The van der Waals surface area contributed by atoms with Crippen molar-refractivity contribution in [3.05, 3.63) is 82.6 Å². The molecule has 34 heavy (non-hydrogen) atoms. The monoisotopic (exact) mass is 467 g/mol. The number of anilines is 1. The van der Waals surface area contributed by atoms with Crippen LogP contribution in [-0.2, 0) is 0 Å². The van der Waals surface area contributed by atoms with E-state index in [2.05, 4.69) is 38.6 Å². The third kappa shape index (κ3) is 3.62. The van der Waals surface area contributed by atoms with Crippen LogP contribution in [0.15, 0.2) is 71.9 Å². The SMILES string of the molecule is Nc1nccn2c(C3CC/C=C(\C(=O)c4cccs4)CCC3)nc(-c3cc4ccccc4[nH]3)c12. The summed E-state index contributed by atoms with van der Waals surface area (Å²) in [6.45, 7) is 0. The number of fused-ring (bicyclic) bond motifs is 2. The highest BCUT2D eigenvalue weighted by Gasteiger charge is 2.25. The van der Waals surface area contributed by atoms with E-state index < -0.39 is 0 Å². The minimum atomic E-state index is 0.180. The molecular formula is C27H25N5OS. The molecule has 6 rings (SSSR count). The molecule has 0 bridgehead atoms. The van der Waals surface area contributed by atoms with E-state index in [1.165, 1.54) is 11.3 Å². The van der Waals surface area contributed by atoms with E-state index in [0.29, 0.717) is 5.82 Å². The van der Waals surface area contributed by atoms with Crippen LogP contribution >= 0.6 is 11.3 Å². The second-order valence-electron chi connectivity index (χ2n) is 8.82. The van der Waals surface area contributed by atoms with Crippen LogP contribution in [-0.4, -0.2) is 25.1 Å². The summed E-state index contributed by atoms with van der Waals surface area (Å²) in [7, 11) is 0. The van der Waals surface area contributed by atoms with E-state index in [1.807, 2.05) is 35.8 Å². The minimum absolute atomic E-state index is 0.180. The molecule has 0 aliphatic heterocycles. The maximum atomic E-state index is 12.8. The molecule has 1 aromatic carbocycles. The number of ketones is 1. The number of nitrogen functional groups attached to an aromatic ring is 1. The van der Waals surface area contributed by atoms with Gasteiger partial charge >= 0.3 is 0 Å². The number of imidazole rings is 1. The third-order valence-electron chi connectivity index (χ3n) is 6.70. The molecule has 0 spiro atoms. The summed E-state index contributed by atoms with van der Waals surface area (Å²) in [5.74, 6) is 1.95. The first-order valence-corrected chi connectivity index (χ1v) is 12.5. The number of thiophene rings is 1. The Morgan fingerprint density at radius 3 is 2.94 bits per heavy atom. The number of allylic oxidation sites excluding steroid dienone is 2. The second-order valence-corrected chi connectivity index (χ2v) is 9.77. The number of aromatic amines is 1. The average molecular weight is 468 g/mol. The van der Waals surface area contributed by atoms with E-state index in [0.717, 1.165) is 76.2 Å². The minimum Gasteiger partial charge on any atom is -0.382 e. The Hall–Kier alpha value is -3.71. The normalized spacial score (nSPS) is 18.5. The number of para-hydroxylation sites is 1. The third-order valence-corrected chi connectivity index (χ3v) is 7.57. The van der Waals surface area contributed by atoms with Gasteiger partial charge in [-0.15, -0.1) is 11.3 Å². The topological polar surface area (TPSA) is 89.1 Å². The van der Waals surface area contributed by atoms with E-state index in [-0.39, 0.29) is 11.7 Å². The number of hydrogen-bond donors (Lipinski definition) is 2. The molecule has 0 radical (unpaired) electrons. The zero-order valence-electron chi connectivity index (χ0n) is 18.7. The summed E-state index contributed by atoms with van der Waals surface area (Å²) in [6, 6.07) is 14.2. The lowest BCUT2D eigenvalue weighted by Crippen LogP contribution is -2.09. The summed E-state index contributed by atoms with van der Waals surface area (Å²) in [6.07, 6.45) is 10.4. The number of carbonyl (C=O) groups excluding carboxylic acids is 1. The number of Topliss-reactive ketones (excluding diaryl/α,β-unsaturated/α-hetero) is 1. The standard InChI is InChI=1S/C27H25N5OS/c28-26-24-23(21-16-19-6-1-2-11-20(19)30-21)31-27(32(24)14-13-29-26)18-9-3-7-17(8-4-10-18)25(33)22-12-5-15-34-22/h1-2,5-7,11-16,18,30H,3-4,8-10H2,(H2,28,29)/b17-7-. The first kappa shape index (κ1) is 20.9. The fourth-order valence-electron chi connectivity index (χ4n) is 5.04. The Labute approximate surface area is 201 Å². The molecule has 6 nitrogen and oxygen atoms in total. The first-order valence-electron chi connectivity index (χ1n) is 11.7. The lowest BCUT2D eigenvalue weighted by atomic mass is 9.89.